The summed E-state index contributed by atoms with van der Waals surface area (Å²) in [6.07, 6.45) is 0.755. The number of ether oxygens (including phenoxy) is 1. The number of amides is 1. The van der Waals surface area contributed by atoms with Crippen LogP contribution in [0.3, 0.4) is 0 Å². The average Bonchev–Trinajstić information content (AvgIpc) is 3.32. The molecule has 1 saturated heterocycles. The second kappa shape index (κ2) is 9.20. The van der Waals surface area contributed by atoms with Gasteiger partial charge in [-0.2, -0.15) is 0 Å². The SMILES string of the molecule is COc1ccc(C#Cc2ccc3c(c2)[C@@H]2[C@@H](CCN2C(=O)c2cccc(F)c2)[C@@H](CO)N3)cc1. The quantitative estimate of drug-likeness (QED) is 0.580. The largest absolute Gasteiger partial charge is 0.497 e. The van der Waals surface area contributed by atoms with Crippen LogP contribution in [0.15, 0.2) is 66.7 Å². The molecule has 0 unspecified atom stereocenters. The number of benzene rings is 3. The molecule has 2 aliphatic heterocycles. The van der Waals surface area contributed by atoms with Crippen LogP contribution in [0.25, 0.3) is 0 Å². The van der Waals surface area contributed by atoms with E-state index < -0.39 is 5.82 Å². The number of halogens is 1. The Labute approximate surface area is 198 Å². The fraction of sp³-hybridized carbons (Fsp3) is 0.250. The van der Waals surface area contributed by atoms with E-state index in [9.17, 15) is 14.3 Å². The molecule has 3 aromatic rings. The lowest BCUT2D eigenvalue weighted by molar-refractivity contribution is 0.0700. The van der Waals surface area contributed by atoms with E-state index in [1.165, 1.54) is 12.1 Å². The highest BCUT2D eigenvalue weighted by molar-refractivity contribution is 5.95. The molecule has 1 fully saturated rings. The van der Waals surface area contributed by atoms with Gasteiger partial charge < -0.3 is 20.1 Å². The fourth-order valence-electron chi connectivity index (χ4n) is 4.97. The summed E-state index contributed by atoms with van der Waals surface area (Å²) in [5.41, 5.74) is 3.89. The predicted octanol–water partition coefficient (Wildman–Crippen LogP) is 4.22. The number of anilines is 1. The Morgan fingerprint density at radius 1 is 1.12 bits per heavy atom. The van der Waals surface area contributed by atoms with Crippen LogP contribution in [0.5, 0.6) is 5.75 Å². The first kappa shape index (κ1) is 22.0. The number of carbonyl (C=O) groups excluding carboxylic acids is 1. The van der Waals surface area contributed by atoms with Crippen molar-refractivity contribution in [1.82, 2.24) is 4.90 Å². The molecule has 0 aliphatic carbocycles. The van der Waals surface area contributed by atoms with E-state index in [1.54, 1.807) is 19.2 Å². The molecule has 3 aromatic carbocycles. The second-order valence-corrected chi connectivity index (χ2v) is 8.62. The number of rotatable bonds is 3. The normalized spacial score (nSPS) is 20.4. The van der Waals surface area contributed by atoms with Gasteiger partial charge in [-0.15, -0.1) is 0 Å². The topological polar surface area (TPSA) is 61.8 Å². The standard InChI is InChI=1S/C28H25FN2O3/c1-34-22-10-7-18(8-11-22)5-6-19-9-12-25-24(15-19)27-23(26(17-32)30-25)13-14-31(27)28(33)20-3-2-4-21(29)16-20/h2-4,7-12,15-16,23,26-27,30,32H,13-14,17H2,1H3/t23-,26+,27-/m0/s1. The van der Waals surface area contributed by atoms with Gasteiger partial charge in [0.05, 0.1) is 25.8 Å². The molecule has 0 aromatic heterocycles. The van der Waals surface area contributed by atoms with Gasteiger partial charge >= 0.3 is 0 Å². The summed E-state index contributed by atoms with van der Waals surface area (Å²) >= 11 is 0. The van der Waals surface area contributed by atoms with Crippen molar-refractivity contribution < 1.29 is 19.0 Å². The number of methoxy groups -OCH3 is 1. The van der Waals surface area contributed by atoms with Gasteiger partial charge in [-0.1, -0.05) is 17.9 Å². The zero-order chi connectivity index (χ0) is 23.7. The van der Waals surface area contributed by atoms with Gasteiger partial charge in [0.25, 0.3) is 5.91 Å². The monoisotopic (exact) mass is 456 g/mol. The van der Waals surface area contributed by atoms with Crippen molar-refractivity contribution in [3.63, 3.8) is 0 Å². The third-order valence-electron chi connectivity index (χ3n) is 6.64. The predicted molar refractivity (Wildman–Crippen MR) is 128 cm³/mol. The van der Waals surface area contributed by atoms with Gasteiger partial charge in [0, 0.05) is 34.8 Å². The number of hydrogen-bond acceptors (Lipinski definition) is 4. The zero-order valence-electron chi connectivity index (χ0n) is 18.8. The van der Waals surface area contributed by atoms with E-state index in [2.05, 4.69) is 17.2 Å². The van der Waals surface area contributed by atoms with Crippen molar-refractivity contribution in [2.45, 2.75) is 18.5 Å². The molecule has 5 rings (SSSR count). The van der Waals surface area contributed by atoms with Gasteiger partial charge in [0.15, 0.2) is 0 Å². The van der Waals surface area contributed by atoms with Gasteiger partial charge in [-0.3, -0.25) is 4.79 Å². The highest BCUT2D eigenvalue weighted by atomic mass is 19.1. The lowest BCUT2D eigenvalue weighted by atomic mass is 9.82. The molecule has 6 heteroatoms. The van der Waals surface area contributed by atoms with Crippen LogP contribution in [0.4, 0.5) is 10.1 Å². The van der Waals surface area contributed by atoms with Gasteiger partial charge in [0.2, 0.25) is 0 Å². The molecule has 5 nitrogen and oxygen atoms in total. The molecule has 3 atom stereocenters. The number of aliphatic hydroxyl groups is 1. The molecule has 0 radical (unpaired) electrons. The summed E-state index contributed by atoms with van der Waals surface area (Å²) in [5, 5.41) is 13.4. The van der Waals surface area contributed by atoms with Crippen molar-refractivity contribution in [3.05, 3.63) is 94.8 Å². The maximum absolute atomic E-state index is 13.8. The van der Waals surface area contributed by atoms with E-state index in [0.29, 0.717) is 12.1 Å². The Morgan fingerprint density at radius 3 is 2.62 bits per heavy atom. The minimum Gasteiger partial charge on any atom is -0.497 e. The van der Waals surface area contributed by atoms with Gasteiger partial charge in [-0.25, -0.2) is 4.39 Å². The lowest BCUT2D eigenvalue weighted by Gasteiger charge is -2.39. The van der Waals surface area contributed by atoms with Gasteiger partial charge in [0.1, 0.15) is 11.6 Å². The summed E-state index contributed by atoms with van der Waals surface area (Å²) in [4.78, 5) is 15.2. The lowest BCUT2D eigenvalue weighted by Crippen LogP contribution is -2.42. The van der Waals surface area contributed by atoms with Crippen molar-refractivity contribution in [3.8, 4) is 17.6 Å². The molecule has 2 heterocycles. The number of aliphatic hydroxyl groups excluding tert-OH is 1. The Kier molecular flexibility index (Phi) is 5.95. The summed E-state index contributed by atoms with van der Waals surface area (Å²) in [5.74, 6) is 6.59. The Morgan fingerprint density at radius 2 is 1.88 bits per heavy atom. The number of carbonyl (C=O) groups is 1. The summed E-state index contributed by atoms with van der Waals surface area (Å²) in [6.45, 7) is 0.520. The van der Waals surface area contributed by atoms with Crippen LogP contribution < -0.4 is 10.1 Å². The molecule has 0 spiro atoms. The van der Waals surface area contributed by atoms with E-state index in [0.717, 1.165) is 34.5 Å². The molecule has 1 amide bonds. The molecule has 34 heavy (non-hydrogen) atoms. The number of nitrogens with zero attached hydrogens (tertiary/aromatic N) is 1. The summed E-state index contributed by atoms with van der Waals surface area (Å²) in [7, 11) is 1.63. The highest BCUT2D eigenvalue weighted by Crippen LogP contribution is 2.47. The highest BCUT2D eigenvalue weighted by Gasteiger charge is 2.45. The van der Waals surface area contributed by atoms with Crippen LogP contribution in [-0.4, -0.2) is 42.2 Å². The van der Waals surface area contributed by atoms with Crippen molar-refractivity contribution >= 4 is 11.6 Å². The third kappa shape index (κ3) is 4.11. The number of hydrogen-bond donors (Lipinski definition) is 2. The van der Waals surface area contributed by atoms with Crippen LogP contribution in [0.2, 0.25) is 0 Å². The molecule has 2 N–H and O–H groups in total. The minimum absolute atomic E-state index is 0.0262. The van der Waals surface area contributed by atoms with E-state index in [4.69, 9.17) is 4.74 Å². The summed E-state index contributed by atoms with van der Waals surface area (Å²) < 4.78 is 19.0. The molecule has 2 aliphatic rings. The summed E-state index contributed by atoms with van der Waals surface area (Å²) in [6, 6.07) is 18.9. The molecule has 0 bridgehead atoms. The van der Waals surface area contributed by atoms with Crippen LogP contribution >= 0.6 is 0 Å². The minimum atomic E-state index is -0.434. The van der Waals surface area contributed by atoms with Crippen molar-refractivity contribution in [2.75, 3.05) is 25.6 Å². The Bertz CT molecular complexity index is 1280. The first-order valence-corrected chi connectivity index (χ1v) is 11.3. The molecular weight excluding hydrogens is 431 g/mol. The smallest absolute Gasteiger partial charge is 0.254 e. The number of likely N-dealkylation sites (tertiary alicyclic amines) is 1. The first-order valence-electron chi connectivity index (χ1n) is 11.3. The first-order chi connectivity index (χ1) is 16.6. The second-order valence-electron chi connectivity index (χ2n) is 8.62. The number of fused-ring (bicyclic) bond motifs is 3. The van der Waals surface area contributed by atoms with E-state index in [1.807, 2.05) is 47.4 Å². The van der Waals surface area contributed by atoms with Crippen LogP contribution in [0.1, 0.15) is 39.5 Å². The van der Waals surface area contributed by atoms with Gasteiger partial charge in [-0.05, 0) is 72.6 Å². The maximum atomic E-state index is 13.8. The molecular formula is C28H25FN2O3. The molecule has 0 saturated carbocycles. The average molecular weight is 457 g/mol. The van der Waals surface area contributed by atoms with E-state index in [-0.39, 0.29) is 30.5 Å². The van der Waals surface area contributed by atoms with Crippen LogP contribution in [0, 0.1) is 23.6 Å². The Hall–Kier alpha value is -3.82. The zero-order valence-corrected chi connectivity index (χ0v) is 18.8. The molecule has 172 valence electrons. The maximum Gasteiger partial charge on any atom is 0.254 e. The van der Waals surface area contributed by atoms with Crippen LogP contribution in [-0.2, 0) is 0 Å². The Balaban J connectivity index is 1.49. The van der Waals surface area contributed by atoms with Crippen molar-refractivity contribution in [1.29, 1.82) is 0 Å². The number of nitrogens with one attached hydrogen (secondary N) is 1. The van der Waals surface area contributed by atoms with E-state index >= 15 is 0 Å². The fourth-order valence-corrected chi connectivity index (χ4v) is 4.97. The third-order valence-corrected chi connectivity index (χ3v) is 6.64. The van der Waals surface area contributed by atoms with Crippen molar-refractivity contribution in [2.24, 2.45) is 5.92 Å².